The van der Waals surface area contributed by atoms with E-state index in [9.17, 15) is 9.90 Å². The molecule has 1 aliphatic rings. The van der Waals surface area contributed by atoms with E-state index in [0.717, 1.165) is 32.1 Å². The van der Waals surface area contributed by atoms with Gasteiger partial charge in [-0.25, -0.2) is 0 Å². The van der Waals surface area contributed by atoms with Gasteiger partial charge in [0.1, 0.15) is 0 Å². The lowest BCUT2D eigenvalue weighted by Gasteiger charge is -2.37. The van der Waals surface area contributed by atoms with Crippen LogP contribution in [0.5, 0.6) is 0 Å². The third-order valence-electron chi connectivity index (χ3n) is 3.68. The van der Waals surface area contributed by atoms with Gasteiger partial charge in [-0.3, -0.25) is 4.79 Å². The first-order chi connectivity index (χ1) is 7.28. The third-order valence-corrected chi connectivity index (χ3v) is 3.68. The molecule has 1 saturated carbocycles. The van der Waals surface area contributed by atoms with Gasteiger partial charge in [0.05, 0.1) is 17.2 Å². The summed E-state index contributed by atoms with van der Waals surface area (Å²) in [6.45, 7) is 5.29. The Morgan fingerprint density at radius 2 is 1.88 bits per heavy atom. The first kappa shape index (κ1) is 13.5. The van der Waals surface area contributed by atoms with Crippen molar-refractivity contribution in [2.24, 2.45) is 5.73 Å². The lowest BCUT2D eigenvalue weighted by molar-refractivity contribution is -0.130. The van der Waals surface area contributed by atoms with Crippen molar-refractivity contribution < 1.29 is 9.90 Å². The Hall–Kier alpha value is -0.610. The van der Waals surface area contributed by atoms with E-state index in [1.807, 2.05) is 13.8 Å². The summed E-state index contributed by atoms with van der Waals surface area (Å²) in [5, 5.41) is 12.4. The van der Waals surface area contributed by atoms with Crippen molar-refractivity contribution in [2.75, 3.05) is 0 Å². The topological polar surface area (TPSA) is 75.3 Å². The summed E-state index contributed by atoms with van der Waals surface area (Å²) >= 11 is 0. The Balaban J connectivity index is 2.64. The molecule has 94 valence electrons. The van der Waals surface area contributed by atoms with E-state index in [1.54, 1.807) is 6.92 Å². The van der Waals surface area contributed by atoms with E-state index in [1.165, 1.54) is 0 Å². The Morgan fingerprint density at radius 3 is 2.31 bits per heavy atom. The van der Waals surface area contributed by atoms with Crippen LogP contribution in [0.25, 0.3) is 0 Å². The number of rotatable bonds is 3. The van der Waals surface area contributed by atoms with Crippen LogP contribution in [0.4, 0.5) is 0 Å². The summed E-state index contributed by atoms with van der Waals surface area (Å²) < 4.78 is 0. The quantitative estimate of drug-likeness (QED) is 0.672. The number of hydrogen-bond donors (Lipinski definition) is 3. The first-order valence-corrected chi connectivity index (χ1v) is 6.07. The highest BCUT2D eigenvalue weighted by molar-refractivity contribution is 5.86. The number of carbonyl (C=O) groups excluding carboxylic acids is 1. The molecule has 4 nitrogen and oxygen atoms in total. The minimum absolute atomic E-state index is 0.127. The molecule has 4 heteroatoms. The fourth-order valence-corrected chi connectivity index (χ4v) is 1.93. The van der Waals surface area contributed by atoms with Crippen molar-refractivity contribution in [1.29, 1.82) is 0 Å². The second-order valence-electron chi connectivity index (χ2n) is 5.57. The fraction of sp³-hybridized carbons (Fsp3) is 0.917. The zero-order valence-electron chi connectivity index (χ0n) is 10.5. The monoisotopic (exact) mass is 228 g/mol. The smallest absolute Gasteiger partial charge is 0.240 e. The van der Waals surface area contributed by atoms with Crippen LogP contribution in [0.15, 0.2) is 0 Å². The van der Waals surface area contributed by atoms with Crippen molar-refractivity contribution in [1.82, 2.24) is 5.32 Å². The summed E-state index contributed by atoms with van der Waals surface area (Å²) in [5.41, 5.74) is 4.76. The van der Waals surface area contributed by atoms with Crippen LogP contribution >= 0.6 is 0 Å². The standard InChI is InChI=1S/C12H24N2O2/c1-9(15)11(2,3)14-10(16)12(13)7-5-4-6-8-12/h9,15H,4-8,13H2,1-3H3,(H,14,16). The van der Waals surface area contributed by atoms with Gasteiger partial charge < -0.3 is 16.2 Å². The van der Waals surface area contributed by atoms with Gasteiger partial charge in [-0.2, -0.15) is 0 Å². The molecule has 4 N–H and O–H groups in total. The third kappa shape index (κ3) is 2.95. The van der Waals surface area contributed by atoms with Gasteiger partial charge in [-0.15, -0.1) is 0 Å². The first-order valence-electron chi connectivity index (χ1n) is 6.07. The summed E-state index contributed by atoms with van der Waals surface area (Å²) in [4.78, 5) is 12.1. The summed E-state index contributed by atoms with van der Waals surface area (Å²) in [7, 11) is 0. The molecule has 1 rings (SSSR count). The Kier molecular flexibility index (Phi) is 3.97. The van der Waals surface area contributed by atoms with E-state index in [0.29, 0.717) is 0 Å². The van der Waals surface area contributed by atoms with Crippen LogP contribution in [0.3, 0.4) is 0 Å². The molecule has 0 saturated heterocycles. The number of nitrogens with two attached hydrogens (primary N) is 1. The Morgan fingerprint density at radius 1 is 1.38 bits per heavy atom. The van der Waals surface area contributed by atoms with Crippen molar-refractivity contribution in [2.45, 2.75) is 70.1 Å². The molecule has 1 fully saturated rings. The maximum absolute atomic E-state index is 12.1. The van der Waals surface area contributed by atoms with Crippen LogP contribution in [-0.4, -0.2) is 28.2 Å². The average Bonchev–Trinajstić information content (AvgIpc) is 2.18. The van der Waals surface area contributed by atoms with Gasteiger partial charge in [0.15, 0.2) is 0 Å². The average molecular weight is 228 g/mol. The number of hydrogen-bond acceptors (Lipinski definition) is 3. The van der Waals surface area contributed by atoms with Crippen molar-refractivity contribution in [3.8, 4) is 0 Å². The van der Waals surface area contributed by atoms with Gasteiger partial charge in [-0.05, 0) is 33.6 Å². The molecular formula is C12H24N2O2. The zero-order valence-corrected chi connectivity index (χ0v) is 10.5. The van der Waals surface area contributed by atoms with Gasteiger partial charge in [0.2, 0.25) is 5.91 Å². The highest BCUT2D eigenvalue weighted by Crippen LogP contribution is 2.26. The summed E-state index contributed by atoms with van der Waals surface area (Å²) in [5.74, 6) is -0.127. The largest absolute Gasteiger partial charge is 0.391 e. The van der Waals surface area contributed by atoms with E-state index >= 15 is 0 Å². The van der Waals surface area contributed by atoms with Gasteiger partial charge in [-0.1, -0.05) is 19.3 Å². The van der Waals surface area contributed by atoms with Gasteiger partial charge >= 0.3 is 0 Å². The minimum atomic E-state index is -0.732. The van der Waals surface area contributed by atoms with Crippen LogP contribution in [0, 0.1) is 0 Å². The van der Waals surface area contributed by atoms with E-state index in [2.05, 4.69) is 5.32 Å². The van der Waals surface area contributed by atoms with E-state index < -0.39 is 17.2 Å². The molecular weight excluding hydrogens is 204 g/mol. The molecule has 0 aromatic heterocycles. The number of aliphatic hydroxyl groups excluding tert-OH is 1. The molecule has 0 aromatic rings. The maximum atomic E-state index is 12.1. The predicted octanol–water partition coefficient (Wildman–Crippen LogP) is 0.924. The number of nitrogens with one attached hydrogen (secondary N) is 1. The molecule has 0 heterocycles. The summed E-state index contributed by atoms with van der Waals surface area (Å²) in [6.07, 6.45) is 4.08. The Bertz CT molecular complexity index is 256. The lowest BCUT2D eigenvalue weighted by Crippen LogP contribution is -2.62. The highest BCUT2D eigenvalue weighted by Gasteiger charge is 2.38. The summed E-state index contributed by atoms with van der Waals surface area (Å²) in [6, 6.07) is 0. The van der Waals surface area contributed by atoms with Crippen LogP contribution in [0.2, 0.25) is 0 Å². The second-order valence-corrected chi connectivity index (χ2v) is 5.57. The molecule has 1 unspecified atom stereocenters. The lowest BCUT2D eigenvalue weighted by atomic mass is 9.81. The Labute approximate surface area is 97.6 Å². The maximum Gasteiger partial charge on any atom is 0.240 e. The molecule has 16 heavy (non-hydrogen) atoms. The molecule has 1 atom stereocenters. The second kappa shape index (κ2) is 4.72. The molecule has 0 radical (unpaired) electrons. The van der Waals surface area contributed by atoms with Crippen molar-refractivity contribution in [3.05, 3.63) is 0 Å². The highest BCUT2D eigenvalue weighted by atomic mass is 16.3. The molecule has 0 aliphatic heterocycles. The van der Waals surface area contributed by atoms with Gasteiger partial charge in [0.25, 0.3) is 0 Å². The number of aliphatic hydroxyl groups is 1. The molecule has 0 bridgehead atoms. The van der Waals surface area contributed by atoms with Gasteiger partial charge in [0, 0.05) is 0 Å². The predicted molar refractivity (Wildman–Crippen MR) is 63.9 cm³/mol. The van der Waals surface area contributed by atoms with Crippen LogP contribution in [0.1, 0.15) is 52.9 Å². The number of carbonyl (C=O) groups is 1. The van der Waals surface area contributed by atoms with Crippen molar-refractivity contribution in [3.63, 3.8) is 0 Å². The molecule has 1 aliphatic carbocycles. The zero-order chi connectivity index (χ0) is 12.4. The molecule has 1 amide bonds. The normalized spacial score (nSPS) is 22.6. The minimum Gasteiger partial charge on any atom is -0.391 e. The molecule has 0 spiro atoms. The number of amides is 1. The van der Waals surface area contributed by atoms with E-state index in [-0.39, 0.29) is 5.91 Å². The van der Waals surface area contributed by atoms with Crippen molar-refractivity contribution >= 4 is 5.91 Å². The van der Waals surface area contributed by atoms with Crippen LogP contribution in [-0.2, 0) is 4.79 Å². The SMILES string of the molecule is CC(O)C(C)(C)NC(=O)C1(N)CCCCC1. The molecule has 0 aromatic carbocycles. The fourth-order valence-electron chi connectivity index (χ4n) is 1.93. The van der Waals surface area contributed by atoms with E-state index in [4.69, 9.17) is 5.73 Å². The van der Waals surface area contributed by atoms with Crippen LogP contribution < -0.4 is 11.1 Å².